The number of carbonyl (C=O) groups is 1. The first-order valence-corrected chi connectivity index (χ1v) is 6.02. The molecule has 1 heterocycles. The van der Waals surface area contributed by atoms with E-state index in [1.165, 1.54) is 17.8 Å². The maximum absolute atomic E-state index is 11.0. The number of thioether (sulfide) groups is 1. The Bertz CT molecular complexity index is 365. The van der Waals surface area contributed by atoms with Crippen molar-refractivity contribution in [2.75, 3.05) is 12.4 Å². The van der Waals surface area contributed by atoms with Crippen LogP contribution >= 0.6 is 11.8 Å². The Balaban J connectivity index is 2.33. The van der Waals surface area contributed by atoms with Crippen molar-refractivity contribution in [1.82, 2.24) is 4.98 Å². The summed E-state index contributed by atoms with van der Waals surface area (Å²) in [6, 6.07) is 0. The lowest BCUT2D eigenvalue weighted by atomic mass is 10.4. The molecule has 0 fully saturated rings. The highest BCUT2D eigenvalue weighted by Gasteiger charge is 2.04. The number of aromatic nitrogens is 1. The molecule has 0 saturated carbocycles. The van der Waals surface area contributed by atoms with Gasteiger partial charge in [0.25, 0.3) is 5.22 Å². The Labute approximate surface area is 99.1 Å². The Morgan fingerprint density at radius 1 is 1.56 bits per heavy atom. The van der Waals surface area contributed by atoms with E-state index in [0.29, 0.717) is 17.6 Å². The molecule has 5 heteroatoms. The number of hydrogen-bond acceptors (Lipinski definition) is 5. The van der Waals surface area contributed by atoms with Gasteiger partial charge in [-0.05, 0) is 20.8 Å². The number of aryl methyl sites for hydroxylation is 2. The topological polar surface area (TPSA) is 52.3 Å². The third kappa shape index (κ3) is 4.10. The Morgan fingerprint density at radius 3 is 2.88 bits per heavy atom. The van der Waals surface area contributed by atoms with Crippen LogP contribution in [0.15, 0.2) is 21.8 Å². The molecule has 0 spiro atoms. The highest BCUT2D eigenvalue weighted by atomic mass is 32.2. The molecule has 0 aliphatic heterocycles. The third-order valence-corrected chi connectivity index (χ3v) is 2.63. The summed E-state index contributed by atoms with van der Waals surface area (Å²) in [5.41, 5.74) is 0.900. The fourth-order valence-electron chi connectivity index (χ4n) is 0.959. The Kier molecular flexibility index (Phi) is 5.11. The van der Waals surface area contributed by atoms with Crippen molar-refractivity contribution in [2.45, 2.75) is 26.0 Å². The normalized spacial score (nSPS) is 10.9. The van der Waals surface area contributed by atoms with Crippen molar-refractivity contribution in [3.63, 3.8) is 0 Å². The summed E-state index contributed by atoms with van der Waals surface area (Å²) in [6.07, 6.45) is 3.15. The molecular formula is C11H15NO3S. The molecule has 0 bridgehead atoms. The lowest BCUT2D eigenvalue weighted by Gasteiger charge is -1.94. The molecule has 1 aromatic rings. The Morgan fingerprint density at radius 2 is 2.31 bits per heavy atom. The van der Waals surface area contributed by atoms with Gasteiger partial charge in [0.2, 0.25) is 0 Å². The number of esters is 1. The van der Waals surface area contributed by atoms with Crippen LogP contribution in [0.4, 0.5) is 0 Å². The van der Waals surface area contributed by atoms with Crippen LogP contribution in [-0.2, 0) is 9.53 Å². The minimum atomic E-state index is -0.317. The molecule has 0 atom stereocenters. The number of oxazole rings is 1. The zero-order chi connectivity index (χ0) is 12.0. The summed E-state index contributed by atoms with van der Waals surface area (Å²) in [7, 11) is 0. The van der Waals surface area contributed by atoms with Gasteiger partial charge in [0.15, 0.2) is 0 Å². The predicted octanol–water partition coefficient (Wildman–Crippen LogP) is 2.50. The van der Waals surface area contributed by atoms with E-state index in [1.807, 2.05) is 13.8 Å². The molecule has 0 N–H and O–H groups in total. The number of carbonyl (C=O) groups excluding carboxylic acids is 1. The zero-order valence-electron chi connectivity index (χ0n) is 9.65. The van der Waals surface area contributed by atoms with Gasteiger partial charge in [-0.2, -0.15) is 0 Å². The van der Waals surface area contributed by atoms with Gasteiger partial charge in [0, 0.05) is 11.8 Å². The molecule has 0 aliphatic carbocycles. The first kappa shape index (κ1) is 12.8. The average Bonchev–Trinajstić information content (AvgIpc) is 2.54. The minimum absolute atomic E-state index is 0.317. The van der Waals surface area contributed by atoms with Crippen LogP contribution in [0.3, 0.4) is 0 Å². The first-order valence-electron chi connectivity index (χ1n) is 5.03. The standard InChI is InChI=1S/C11H15NO3S/c1-4-14-10(13)6-5-7-16-11-12-8(2)9(3)15-11/h5-6H,4,7H2,1-3H3/b6-5+. The molecule has 0 aliphatic rings. The number of hydrogen-bond donors (Lipinski definition) is 0. The maximum Gasteiger partial charge on any atom is 0.330 e. The average molecular weight is 241 g/mol. The van der Waals surface area contributed by atoms with E-state index in [0.717, 1.165) is 11.5 Å². The van der Waals surface area contributed by atoms with E-state index in [2.05, 4.69) is 4.98 Å². The zero-order valence-corrected chi connectivity index (χ0v) is 10.5. The minimum Gasteiger partial charge on any atom is -0.463 e. The molecule has 0 radical (unpaired) electrons. The van der Waals surface area contributed by atoms with Crippen molar-refractivity contribution in [3.05, 3.63) is 23.6 Å². The van der Waals surface area contributed by atoms with Crippen molar-refractivity contribution >= 4 is 17.7 Å². The molecule has 1 rings (SSSR count). The molecule has 4 nitrogen and oxygen atoms in total. The monoisotopic (exact) mass is 241 g/mol. The first-order chi connectivity index (χ1) is 7.63. The molecule has 0 saturated heterocycles. The van der Waals surface area contributed by atoms with Gasteiger partial charge < -0.3 is 9.15 Å². The summed E-state index contributed by atoms with van der Waals surface area (Å²) >= 11 is 1.44. The summed E-state index contributed by atoms with van der Waals surface area (Å²) in [6.45, 7) is 5.95. The fourth-order valence-corrected chi connectivity index (χ4v) is 1.68. The quantitative estimate of drug-likeness (QED) is 0.450. The predicted molar refractivity (Wildman–Crippen MR) is 62.5 cm³/mol. The van der Waals surface area contributed by atoms with Crippen molar-refractivity contribution in [2.24, 2.45) is 0 Å². The number of ether oxygens (including phenoxy) is 1. The highest BCUT2D eigenvalue weighted by Crippen LogP contribution is 2.19. The van der Waals surface area contributed by atoms with Crippen LogP contribution in [0.1, 0.15) is 18.4 Å². The molecule has 16 heavy (non-hydrogen) atoms. The molecule has 0 unspecified atom stereocenters. The van der Waals surface area contributed by atoms with E-state index < -0.39 is 0 Å². The van der Waals surface area contributed by atoms with Gasteiger partial charge in [-0.1, -0.05) is 17.8 Å². The maximum atomic E-state index is 11.0. The van der Waals surface area contributed by atoms with Crippen molar-refractivity contribution in [1.29, 1.82) is 0 Å². The van der Waals surface area contributed by atoms with Crippen molar-refractivity contribution in [3.8, 4) is 0 Å². The Hall–Kier alpha value is -1.23. The fraction of sp³-hybridized carbons (Fsp3) is 0.455. The van der Waals surface area contributed by atoms with Crippen LogP contribution in [-0.4, -0.2) is 23.3 Å². The lowest BCUT2D eigenvalue weighted by molar-refractivity contribution is -0.137. The third-order valence-electron chi connectivity index (χ3n) is 1.85. The summed E-state index contributed by atoms with van der Waals surface area (Å²) in [5.74, 6) is 1.15. The molecular weight excluding hydrogens is 226 g/mol. The van der Waals surface area contributed by atoms with Gasteiger partial charge in [0.05, 0.1) is 12.3 Å². The lowest BCUT2D eigenvalue weighted by Crippen LogP contribution is -1.98. The van der Waals surface area contributed by atoms with Gasteiger partial charge in [0.1, 0.15) is 5.76 Å². The molecule has 88 valence electrons. The van der Waals surface area contributed by atoms with E-state index in [4.69, 9.17) is 9.15 Å². The van der Waals surface area contributed by atoms with Crippen LogP contribution in [0.5, 0.6) is 0 Å². The summed E-state index contributed by atoms with van der Waals surface area (Å²) in [5, 5.41) is 0.628. The molecule has 0 amide bonds. The van der Waals surface area contributed by atoms with Crippen molar-refractivity contribution < 1.29 is 13.9 Å². The number of rotatable bonds is 5. The largest absolute Gasteiger partial charge is 0.463 e. The van der Waals surface area contributed by atoms with Gasteiger partial charge >= 0.3 is 5.97 Å². The van der Waals surface area contributed by atoms with E-state index in [-0.39, 0.29) is 5.97 Å². The SMILES string of the molecule is CCOC(=O)/C=C/CSc1nc(C)c(C)o1. The van der Waals surface area contributed by atoms with Crippen LogP contribution in [0.25, 0.3) is 0 Å². The summed E-state index contributed by atoms with van der Waals surface area (Å²) < 4.78 is 10.1. The van der Waals surface area contributed by atoms with Crippen LogP contribution < -0.4 is 0 Å². The van der Waals surface area contributed by atoms with E-state index >= 15 is 0 Å². The highest BCUT2D eigenvalue weighted by molar-refractivity contribution is 7.99. The smallest absolute Gasteiger partial charge is 0.330 e. The van der Waals surface area contributed by atoms with Crippen LogP contribution in [0.2, 0.25) is 0 Å². The molecule has 0 aromatic carbocycles. The van der Waals surface area contributed by atoms with Gasteiger partial charge in [-0.25, -0.2) is 9.78 Å². The van der Waals surface area contributed by atoms with E-state index in [1.54, 1.807) is 13.0 Å². The molecule has 1 aromatic heterocycles. The van der Waals surface area contributed by atoms with Gasteiger partial charge in [-0.3, -0.25) is 0 Å². The number of nitrogens with zero attached hydrogens (tertiary/aromatic N) is 1. The second-order valence-electron chi connectivity index (χ2n) is 3.09. The second-order valence-corrected chi connectivity index (χ2v) is 4.06. The van der Waals surface area contributed by atoms with Crippen LogP contribution in [0, 0.1) is 13.8 Å². The summed E-state index contributed by atoms with van der Waals surface area (Å²) in [4.78, 5) is 15.2. The van der Waals surface area contributed by atoms with E-state index in [9.17, 15) is 4.79 Å². The van der Waals surface area contributed by atoms with Gasteiger partial charge in [-0.15, -0.1) is 0 Å². The second kappa shape index (κ2) is 6.37.